The summed E-state index contributed by atoms with van der Waals surface area (Å²) in [6.45, 7) is 5.32. The van der Waals surface area contributed by atoms with E-state index in [4.69, 9.17) is 9.47 Å². The fraction of sp³-hybridized carbons (Fsp3) is 0.312. The molecule has 0 fully saturated rings. The summed E-state index contributed by atoms with van der Waals surface area (Å²) in [5.74, 6) is -0.411. The molecule has 0 aliphatic heterocycles. The van der Waals surface area contributed by atoms with Crippen LogP contribution in [-0.2, 0) is 4.74 Å². The molecule has 0 saturated carbocycles. The third-order valence-corrected chi connectivity index (χ3v) is 3.27. The van der Waals surface area contributed by atoms with E-state index in [9.17, 15) is 9.18 Å². The molecule has 1 heterocycles. The Hall–Kier alpha value is -1.82. The molecule has 1 aromatic carbocycles. The van der Waals surface area contributed by atoms with Gasteiger partial charge in [0.15, 0.2) is 11.6 Å². The lowest BCUT2D eigenvalue weighted by Crippen LogP contribution is -2.27. The molecule has 4 nitrogen and oxygen atoms in total. The first-order valence-corrected chi connectivity index (χ1v) is 7.46. The maximum atomic E-state index is 14.4. The first kappa shape index (κ1) is 16.5. The van der Waals surface area contributed by atoms with Gasteiger partial charge >= 0.3 is 6.09 Å². The molecular formula is C16H17BrFNO3. The molecule has 0 radical (unpaired) electrons. The maximum Gasteiger partial charge on any atom is 0.419 e. The minimum absolute atomic E-state index is 0.116. The first-order valence-electron chi connectivity index (χ1n) is 6.67. The fourth-order valence-corrected chi connectivity index (χ4v) is 2.39. The molecule has 0 N–H and O–H groups in total. The molecule has 22 heavy (non-hydrogen) atoms. The number of hydrogen-bond acceptors (Lipinski definition) is 3. The van der Waals surface area contributed by atoms with E-state index in [1.165, 1.54) is 17.7 Å². The Labute approximate surface area is 137 Å². The van der Waals surface area contributed by atoms with E-state index in [0.29, 0.717) is 10.2 Å². The van der Waals surface area contributed by atoms with Crippen LogP contribution in [0.15, 0.2) is 34.9 Å². The first-order chi connectivity index (χ1) is 10.2. The van der Waals surface area contributed by atoms with Gasteiger partial charge in [0.25, 0.3) is 0 Å². The van der Waals surface area contributed by atoms with Gasteiger partial charge in [0.05, 0.1) is 12.8 Å². The lowest BCUT2D eigenvalue weighted by Gasteiger charge is -2.20. The average molecular weight is 370 g/mol. The molecule has 2 aromatic rings. The number of carbonyl (C=O) groups excluding carboxylic acids is 1. The van der Waals surface area contributed by atoms with Gasteiger partial charge in [-0.1, -0.05) is 6.07 Å². The SMILES string of the molecule is COc1cccc(-c2cc(Br)cn2C(=O)OC(C)(C)C)c1F. The topological polar surface area (TPSA) is 40.5 Å². The monoisotopic (exact) mass is 369 g/mol. The van der Waals surface area contributed by atoms with Gasteiger partial charge in [0, 0.05) is 16.2 Å². The van der Waals surface area contributed by atoms with Gasteiger partial charge < -0.3 is 9.47 Å². The Morgan fingerprint density at radius 3 is 2.59 bits per heavy atom. The van der Waals surface area contributed by atoms with Gasteiger partial charge in [-0.15, -0.1) is 0 Å². The number of halogens is 2. The summed E-state index contributed by atoms with van der Waals surface area (Å²) >= 11 is 3.31. The van der Waals surface area contributed by atoms with Crippen molar-refractivity contribution < 1.29 is 18.7 Å². The van der Waals surface area contributed by atoms with Crippen molar-refractivity contribution >= 4 is 22.0 Å². The summed E-state index contributed by atoms with van der Waals surface area (Å²) in [5.41, 5.74) is 0.00585. The van der Waals surface area contributed by atoms with Crippen molar-refractivity contribution in [1.29, 1.82) is 0 Å². The number of nitrogens with zero attached hydrogens (tertiary/aromatic N) is 1. The summed E-state index contributed by atoms with van der Waals surface area (Å²) < 4.78 is 26.7. The number of carbonyl (C=O) groups is 1. The normalized spacial score (nSPS) is 11.4. The minimum atomic E-state index is -0.641. The van der Waals surface area contributed by atoms with E-state index in [2.05, 4.69) is 15.9 Å². The molecular weight excluding hydrogens is 353 g/mol. The Morgan fingerprint density at radius 1 is 1.32 bits per heavy atom. The molecule has 2 rings (SSSR count). The van der Waals surface area contributed by atoms with Crippen molar-refractivity contribution in [2.45, 2.75) is 26.4 Å². The van der Waals surface area contributed by atoms with Crippen molar-refractivity contribution in [3.63, 3.8) is 0 Å². The van der Waals surface area contributed by atoms with Gasteiger partial charge in [-0.05, 0) is 54.9 Å². The van der Waals surface area contributed by atoms with Crippen molar-refractivity contribution in [3.8, 4) is 17.0 Å². The van der Waals surface area contributed by atoms with Crippen LogP contribution in [0.2, 0.25) is 0 Å². The van der Waals surface area contributed by atoms with Crippen molar-refractivity contribution in [1.82, 2.24) is 4.57 Å². The van der Waals surface area contributed by atoms with Crippen LogP contribution in [0.1, 0.15) is 20.8 Å². The van der Waals surface area contributed by atoms with E-state index in [1.807, 2.05) is 0 Å². The fourth-order valence-electron chi connectivity index (χ4n) is 1.97. The average Bonchev–Trinajstić information content (AvgIpc) is 2.79. The van der Waals surface area contributed by atoms with Gasteiger partial charge in [-0.2, -0.15) is 0 Å². The second-order valence-corrected chi connectivity index (χ2v) is 6.63. The quantitative estimate of drug-likeness (QED) is 0.759. The van der Waals surface area contributed by atoms with E-state index in [-0.39, 0.29) is 11.3 Å². The number of hydrogen-bond donors (Lipinski definition) is 0. The molecule has 0 aliphatic rings. The molecule has 0 aliphatic carbocycles. The van der Waals surface area contributed by atoms with Crippen LogP contribution in [0, 0.1) is 5.82 Å². The molecule has 0 spiro atoms. The van der Waals surface area contributed by atoms with Crippen LogP contribution in [0.3, 0.4) is 0 Å². The number of ether oxygens (including phenoxy) is 2. The molecule has 0 unspecified atom stereocenters. The highest BCUT2D eigenvalue weighted by Crippen LogP contribution is 2.32. The molecule has 0 amide bonds. The summed E-state index contributed by atoms with van der Waals surface area (Å²) in [7, 11) is 1.39. The number of rotatable bonds is 2. The number of aromatic nitrogens is 1. The standard InChI is InChI=1S/C16H17BrFNO3/c1-16(2,3)22-15(20)19-9-10(17)8-12(19)11-6-5-7-13(21-4)14(11)18/h5-9H,1-4H3. The molecule has 0 atom stereocenters. The van der Waals surface area contributed by atoms with Gasteiger partial charge in [0.2, 0.25) is 0 Å². The summed E-state index contributed by atoms with van der Waals surface area (Å²) in [4.78, 5) is 12.3. The zero-order valence-electron chi connectivity index (χ0n) is 12.8. The summed E-state index contributed by atoms with van der Waals surface area (Å²) in [6.07, 6.45) is 0.970. The Morgan fingerprint density at radius 2 is 2.00 bits per heavy atom. The van der Waals surface area contributed by atoms with Gasteiger partial charge in [-0.3, -0.25) is 4.57 Å². The number of benzene rings is 1. The van der Waals surface area contributed by atoms with Gasteiger partial charge in [-0.25, -0.2) is 9.18 Å². The molecule has 1 aromatic heterocycles. The third kappa shape index (κ3) is 3.50. The predicted molar refractivity (Wildman–Crippen MR) is 85.7 cm³/mol. The third-order valence-electron chi connectivity index (χ3n) is 2.84. The Kier molecular flexibility index (Phi) is 4.60. The minimum Gasteiger partial charge on any atom is -0.494 e. The zero-order chi connectivity index (χ0) is 16.5. The van der Waals surface area contributed by atoms with Crippen LogP contribution < -0.4 is 4.74 Å². The Balaban J connectivity index is 2.52. The van der Waals surface area contributed by atoms with Crippen LogP contribution in [0.25, 0.3) is 11.3 Å². The smallest absolute Gasteiger partial charge is 0.419 e. The second-order valence-electron chi connectivity index (χ2n) is 5.72. The van der Waals surface area contributed by atoms with E-state index >= 15 is 0 Å². The molecule has 0 saturated heterocycles. The lowest BCUT2D eigenvalue weighted by atomic mass is 10.1. The van der Waals surface area contributed by atoms with Crippen LogP contribution in [-0.4, -0.2) is 23.4 Å². The van der Waals surface area contributed by atoms with E-state index in [0.717, 1.165) is 0 Å². The summed E-state index contributed by atoms with van der Waals surface area (Å²) in [5, 5.41) is 0. The molecule has 6 heteroatoms. The van der Waals surface area contributed by atoms with Crippen LogP contribution in [0.5, 0.6) is 5.75 Å². The van der Waals surface area contributed by atoms with Crippen molar-refractivity contribution in [2.75, 3.05) is 7.11 Å². The predicted octanol–water partition coefficient (Wildman–Crippen LogP) is 4.85. The van der Waals surface area contributed by atoms with E-state index < -0.39 is 17.5 Å². The highest BCUT2D eigenvalue weighted by molar-refractivity contribution is 9.10. The van der Waals surface area contributed by atoms with Crippen molar-refractivity contribution in [2.24, 2.45) is 0 Å². The second kappa shape index (κ2) is 6.12. The Bertz CT molecular complexity index is 704. The summed E-state index contributed by atoms with van der Waals surface area (Å²) in [6, 6.07) is 6.43. The van der Waals surface area contributed by atoms with Crippen LogP contribution in [0.4, 0.5) is 9.18 Å². The van der Waals surface area contributed by atoms with Crippen molar-refractivity contribution in [3.05, 3.63) is 40.8 Å². The van der Waals surface area contributed by atoms with Crippen LogP contribution >= 0.6 is 15.9 Å². The molecule has 0 bridgehead atoms. The highest BCUT2D eigenvalue weighted by atomic mass is 79.9. The number of methoxy groups -OCH3 is 1. The maximum absolute atomic E-state index is 14.4. The highest BCUT2D eigenvalue weighted by Gasteiger charge is 2.22. The van der Waals surface area contributed by atoms with E-state index in [1.54, 1.807) is 45.2 Å². The zero-order valence-corrected chi connectivity index (χ0v) is 14.4. The largest absolute Gasteiger partial charge is 0.494 e. The molecule has 118 valence electrons. The van der Waals surface area contributed by atoms with Gasteiger partial charge in [0.1, 0.15) is 5.60 Å². The lowest BCUT2D eigenvalue weighted by molar-refractivity contribution is 0.0540.